The van der Waals surface area contributed by atoms with Gasteiger partial charge in [0.25, 0.3) is 0 Å². The molecule has 0 aliphatic rings. The standard InChI is InChI=1S/C6H16N2O3/c1-3-5(9)7-11-8-6(10)4-2/h5-10H,3-4H2,1-2H3. The molecule has 0 radical (unpaired) electrons. The molecule has 0 aromatic carbocycles. The first-order valence-electron chi connectivity index (χ1n) is 3.73. The van der Waals surface area contributed by atoms with Gasteiger partial charge in [0.05, 0.1) is 0 Å². The van der Waals surface area contributed by atoms with E-state index in [0.717, 1.165) is 0 Å². The van der Waals surface area contributed by atoms with Crippen LogP contribution in [0.15, 0.2) is 0 Å². The van der Waals surface area contributed by atoms with Gasteiger partial charge in [0, 0.05) is 0 Å². The van der Waals surface area contributed by atoms with Crippen molar-refractivity contribution in [3.05, 3.63) is 0 Å². The van der Waals surface area contributed by atoms with Gasteiger partial charge in [-0.3, -0.25) is 0 Å². The zero-order chi connectivity index (χ0) is 8.69. The Morgan fingerprint density at radius 3 is 1.73 bits per heavy atom. The molecule has 11 heavy (non-hydrogen) atoms. The fraction of sp³-hybridized carbons (Fsp3) is 1.00. The average molecular weight is 164 g/mol. The van der Waals surface area contributed by atoms with Crippen molar-refractivity contribution >= 4 is 0 Å². The Morgan fingerprint density at radius 2 is 1.45 bits per heavy atom. The Morgan fingerprint density at radius 1 is 1.09 bits per heavy atom. The largest absolute Gasteiger partial charge is 0.376 e. The highest BCUT2D eigenvalue weighted by Gasteiger charge is 2.01. The molecule has 2 unspecified atom stereocenters. The number of aliphatic hydroxyl groups is 2. The fourth-order valence-corrected chi connectivity index (χ4v) is 0.337. The van der Waals surface area contributed by atoms with Gasteiger partial charge in [0.15, 0.2) is 0 Å². The number of nitrogens with one attached hydrogen (secondary N) is 2. The predicted molar refractivity (Wildman–Crippen MR) is 40.0 cm³/mol. The highest BCUT2D eigenvalue weighted by atomic mass is 16.8. The summed E-state index contributed by atoms with van der Waals surface area (Å²) in [5.41, 5.74) is 4.56. The van der Waals surface area contributed by atoms with Crippen molar-refractivity contribution in [1.82, 2.24) is 11.0 Å². The van der Waals surface area contributed by atoms with Crippen molar-refractivity contribution in [2.75, 3.05) is 0 Å². The number of hydrogen-bond acceptors (Lipinski definition) is 5. The number of rotatable bonds is 6. The molecule has 0 aromatic rings. The third-order valence-electron chi connectivity index (χ3n) is 1.16. The van der Waals surface area contributed by atoms with Gasteiger partial charge in [-0.15, -0.1) is 0 Å². The summed E-state index contributed by atoms with van der Waals surface area (Å²) in [6.45, 7) is 3.61. The molecule has 2 atom stereocenters. The van der Waals surface area contributed by atoms with Crippen LogP contribution >= 0.6 is 0 Å². The van der Waals surface area contributed by atoms with Crippen LogP contribution in [-0.2, 0) is 4.94 Å². The van der Waals surface area contributed by atoms with Crippen LogP contribution < -0.4 is 11.0 Å². The van der Waals surface area contributed by atoms with Crippen molar-refractivity contribution in [2.24, 2.45) is 0 Å². The van der Waals surface area contributed by atoms with Gasteiger partial charge >= 0.3 is 0 Å². The molecule has 0 saturated heterocycles. The van der Waals surface area contributed by atoms with E-state index in [1.165, 1.54) is 0 Å². The van der Waals surface area contributed by atoms with Crippen LogP contribution in [0.4, 0.5) is 0 Å². The van der Waals surface area contributed by atoms with Crippen LogP contribution in [-0.4, -0.2) is 22.7 Å². The van der Waals surface area contributed by atoms with E-state index in [0.29, 0.717) is 12.8 Å². The van der Waals surface area contributed by atoms with Crippen LogP contribution in [0, 0.1) is 0 Å². The summed E-state index contributed by atoms with van der Waals surface area (Å²) in [4.78, 5) is 4.54. The monoisotopic (exact) mass is 164 g/mol. The van der Waals surface area contributed by atoms with Crippen molar-refractivity contribution in [3.63, 3.8) is 0 Å². The molecular formula is C6H16N2O3. The molecule has 68 valence electrons. The minimum atomic E-state index is -0.702. The minimum absolute atomic E-state index is 0.546. The Kier molecular flexibility index (Phi) is 6.39. The summed E-state index contributed by atoms with van der Waals surface area (Å²) in [5.74, 6) is 0. The van der Waals surface area contributed by atoms with Crippen LogP contribution in [0.1, 0.15) is 26.7 Å². The number of hydroxylamine groups is 2. The first-order valence-corrected chi connectivity index (χ1v) is 3.73. The molecule has 5 nitrogen and oxygen atoms in total. The lowest BCUT2D eigenvalue weighted by atomic mass is 10.4. The van der Waals surface area contributed by atoms with Crippen LogP contribution in [0.25, 0.3) is 0 Å². The maximum absolute atomic E-state index is 8.89. The predicted octanol–water partition coefficient (Wildman–Crippen LogP) is -0.531. The average Bonchev–Trinajstić information content (AvgIpc) is 2.04. The van der Waals surface area contributed by atoms with E-state index in [-0.39, 0.29) is 0 Å². The third-order valence-corrected chi connectivity index (χ3v) is 1.16. The molecule has 0 fully saturated rings. The van der Waals surface area contributed by atoms with Gasteiger partial charge in [-0.1, -0.05) is 13.8 Å². The molecule has 4 N–H and O–H groups in total. The Bertz CT molecular complexity index is 81.9. The first-order chi connectivity index (χ1) is 5.20. The SMILES string of the molecule is CCC(O)NONC(O)CC. The Balaban J connectivity index is 3.13. The van der Waals surface area contributed by atoms with Gasteiger partial charge in [0.2, 0.25) is 0 Å². The van der Waals surface area contributed by atoms with E-state index < -0.39 is 12.5 Å². The minimum Gasteiger partial charge on any atom is -0.376 e. The van der Waals surface area contributed by atoms with Crippen LogP contribution in [0.2, 0.25) is 0 Å². The van der Waals surface area contributed by atoms with Gasteiger partial charge in [0.1, 0.15) is 12.5 Å². The fourth-order valence-electron chi connectivity index (χ4n) is 0.337. The van der Waals surface area contributed by atoms with Gasteiger partial charge < -0.3 is 10.2 Å². The lowest BCUT2D eigenvalue weighted by molar-refractivity contribution is -0.150. The number of aliphatic hydroxyl groups excluding tert-OH is 2. The summed E-state index contributed by atoms with van der Waals surface area (Å²) >= 11 is 0. The van der Waals surface area contributed by atoms with E-state index in [2.05, 4.69) is 15.9 Å². The third kappa shape index (κ3) is 6.21. The molecular weight excluding hydrogens is 148 g/mol. The molecule has 0 aliphatic heterocycles. The van der Waals surface area contributed by atoms with Gasteiger partial charge in [-0.25, -0.2) is 4.94 Å². The molecule has 0 aromatic heterocycles. The van der Waals surface area contributed by atoms with Crippen molar-refractivity contribution in [2.45, 2.75) is 39.1 Å². The molecule has 0 amide bonds. The van der Waals surface area contributed by atoms with Crippen molar-refractivity contribution in [1.29, 1.82) is 0 Å². The zero-order valence-electron chi connectivity index (χ0n) is 6.87. The van der Waals surface area contributed by atoms with E-state index in [1.807, 2.05) is 0 Å². The smallest absolute Gasteiger partial charge is 0.128 e. The second-order valence-corrected chi connectivity index (χ2v) is 2.19. The van der Waals surface area contributed by atoms with E-state index in [9.17, 15) is 0 Å². The van der Waals surface area contributed by atoms with Crippen molar-refractivity contribution in [3.8, 4) is 0 Å². The second kappa shape index (κ2) is 6.51. The molecule has 0 saturated carbocycles. The molecule has 0 spiro atoms. The summed E-state index contributed by atoms with van der Waals surface area (Å²) in [6.07, 6.45) is -0.313. The van der Waals surface area contributed by atoms with Gasteiger partial charge in [-0.05, 0) is 12.8 Å². The summed E-state index contributed by atoms with van der Waals surface area (Å²) in [6, 6.07) is 0. The lowest BCUT2D eigenvalue weighted by Crippen LogP contribution is -2.38. The van der Waals surface area contributed by atoms with E-state index in [4.69, 9.17) is 10.2 Å². The maximum Gasteiger partial charge on any atom is 0.128 e. The van der Waals surface area contributed by atoms with E-state index >= 15 is 0 Å². The van der Waals surface area contributed by atoms with Gasteiger partial charge in [-0.2, -0.15) is 11.0 Å². The lowest BCUT2D eigenvalue weighted by Gasteiger charge is -2.13. The van der Waals surface area contributed by atoms with Crippen molar-refractivity contribution < 1.29 is 15.2 Å². The molecule has 0 bridgehead atoms. The Hall–Kier alpha value is -0.200. The topological polar surface area (TPSA) is 73.8 Å². The summed E-state index contributed by atoms with van der Waals surface area (Å²) < 4.78 is 0. The van der Waals surface area contributed by atoms with Crippen LogP contribution in [0.5, 0.6) is 0 Å². The second-order valence-electron chi connectivity index (χ2n) is 2.19. The maximum atomic E-state index is 8.89. The highest BCUT2D eigenvalue weighted by Crippen LogP contribution is 1.85. The molecule has 0 rings (SSSR count). The molecule has 5 heteroatoms. The Labute approximate surface area is 66.3 Å². The summed E-state index contributed by atoms with van der Waals surface area (Å²) in [5, 5.41) is 17.8. The molecule has 0 aliphatic carbocycles. The van der Waals surface area contributed by atoms with Crippen LogP contribution in [0.3, 0.4) is 0 Å². The normalized spacial score (nSPS) is 16.4. The highest BCUT2D eigenvalue weighted by molar-refractivity contribution is 4.39. The summed E-state index contributed by atoms with van der Waals surface area (Å²) in [7, 11) is 0. The quantitative estimate of drug-likeness (QED) is 0.314. The molecule has 0 heterocycles. The number of hydrogen-bond donors (Lipinski definition) is 4. The zero-order valence-corrected chi connectivity index (χ0v) is 6.87. The first kappa shape index (κ1) is 10.8. The van der Waals surface area contributed by atoms with E-state index in [1.54, 1.807) is 13.8 Å².